The topological polar surface area (TPSA) is 63.2 Å². The van der Waals surface area contributed by atoms with Crippen LogP contribution in [-0.4, -0.2) is 27.3 Å². The van der Waals surface area contributed by atoms with E-state index >= 15 is 0 Å². The van der Waals surface area contributed by atoms with Crippen molar-refractivity contribution in [3.63, 3.8) is 0 Å². The quantitative estimate of drug-likeness (QED) is 0.804. The highest BCUT2D eigenvalue weighted by Gasteiger charge is 2.40. The Morgan fingerprint density at radius 1 is 1.29 bits per heavy atom. The molecule has 0 N–H and O–H groups in total. The first kappa shape index (κ1) is 14.5. The number of nitrogens with zero attached hydrogens (tertiary/aromatic N) is 3. The lowest BCUT2D eigenvalue weighted by molar-refractivity contribution is -0.121. The number of anilines is 1. The second-order valence-electron chi connectivity index (χ2n) is 4.44. The molecule has 2 heterocycles. The molecule has 1 aliphatic rings. The fourth-order valence-corrected chi connectivity index (χ4v) is 4.21. The number of benzene rings is 1. The van der Waals surface area contributed by atoms with Crippen molar-refractivity contribution in [1.82, 2.24) is 10.2 Å². The minimum Gasteiger partial charge on any atom is -0.274 e. The van der Waals surface area contributed by atoms with Crippen molar-refractivity contribution in [2.75, 3.05) is 4.90 Å². The molecule has 0 radical (unpaired) electrons. The molecule has 0 saturated carbocycles. The summed E-state index contributed by atoms with van der Waals surface area (Å²) in [5.74, 6) is -0.429. The standard InChI is InChI=1S/C13H10ClN3O2S2/c1-7-15-16-13(20-7)21-10-6-11(18)17(12(10)19)9-4-2-8(14)3-5-9/h2-5,10H,6H2,1H3. The number of thioether (sulfide) groups is 1. The lowest BCUT2D eigenvalue weighted by Crippen LogP contribution is -2.31. The zero-order valence-corrected chi connectivity index (χ0v) is 13.3. The van der Waals surface area contributed by atoms with E-state index in [-0.39, 0.29) is 18.2 Å². The first-order chi connectivity index (χ1) is 10.0. The van der Waals surface area contributed by atoms with Crippen LogP contribution in [0.15, 0.2) is 28.6 Å². The highest BCUT2D eigenvalue weighted by atomic mass is 35.5. The maximum atomic E-state index is 12.4. The molecule has 1 atom stereocenters. The van der Waals surface area contributed by atoms with E-state index in [2.05, 4.69) is 10.2 Å². The van der Waals surface area contributed by atoms with E-state index in [1.165, 1.54) is 28.0 Å². The Labute approximate surface area is 134 Å². The summed E-state index contributed by atoms with van der Waals surface area (Å²) in [5, 5.41) is 8.85. The molecular formula is C13H10ClN3O2S2. The zero-order chi connectivity index (χ0) is 15.0. The van der Waals surface area contributed by atoms with Crippen molar-refractivity contribution in [2.45, 2.75) is 22.9 Å². The second kappa shape index (κ2) is 5.75. The van der Waals surface area contributed by atoms with Crippen molar-refractivity contribution in [3.05, 3.63) is 34.3 Å². The largest absolute Gasteiger partial charge is 0.274 e. The summed E-state index contributed by atoms with van der Waals surface area (Å²) in [7, 11) is 0. The molecule has 5 nitrogen and oxygen atoms in total. The molecule has 1 unspecified atom stereocenters. The second-order valence-corrected chi connectivity index (χ2v) is 7.51. The fraction of sp³-hybridized carbons (Fsp3) is 0.231. The zero-order valence-electron chi connectivity index (χ0n) is 10.9. The van der Waals surface area contributed by atoms with Crippen LogP contribution in [0.2, 0.25) is 5.02 Å². The van der Waals surface area contributed by atoms with Crippen molar-refractivity contribution in [3.8, 4) is 0 Å². The molecule has 1 aromatic carbocycles. The van der Waals surface area contributed by atoms with Crippen LogP contribution in [0.25, 0.3) is 0 Å². The minimum absolute atomic E-state index is 0.171. The van der Waals surface area contributed by atoms with E-state index in [0.717, 1.165) is 5.01 Å². The molecule has 1 saturated heterocycles. The number of hydrogen-bond donors (Lipinski definition) is 0. The van der Waals surface area contributed by atoms with Crippen LogP contribution >= 0.6 is 34.7 Å². The van der Waals surface area contributed by atoms with Gasteiger partial charge in [-0.2, -0.15) is 0 Å². The monoisotopic (exact) mass is 339 g/mol. The van der Waals surface area contributed by atoms with Gasteiger partial charge < -0.3 is 0 Å². The highest BCUT2D eigenvalue weighted by molar-refractivity contribution is 8.02. The van der Waals surface area contributed by atoms with Crippen LogP contribution in [0.5, 0.6) is 0 Å². The number of amides is 2. The summed E-state index contributed by atoms with van der Waals surface area (Å²) >= 11 is 8.53. The maximum absolute atomic E-state index is 12.4. The Balaban J connectivity index is 1.80. The Hall–Kier alpha value is -1.44. The smallest absolute Gasteiger partial charge is 0.247 e. The van der Waals surface area contributed by atoms with E-state index in [9.17, 15) is 9.59 Å². The van der Waals surface area contributed by atoms with E-state index < -0.39 is 5.25 Å². The van der Waals surface area contributed by atoms with Crippen molar-refractivity contribution in [2.24, 2.45) is 0 Å². The molecule has 1 aromatic heterocycles. The van der Waals surface area contributed by atoms with Crippen molar-refractivity contribution < 1.29 is 9.59 Å². The lowest BCUT2D eigenvalue weighted by Gasteiger charge is -2.14. The van der Waals surface area contributed by atoms with E-state index in [1.54, 1.807) is 24.3 Å². The van der Waals surface area contributed by atoms with Crippen LogP contribution in [0, 0.1) is 6.92 Å². The summed E-state index contributed by atoms with van der Waals surface area (Å²) in [5.41, 5.74) is 0.547. The van der Waals surface area contributed by atoms with Crippen LogP contribution in [-0.2, 0) is 9.59 Å². The summed E-state index contributed by atoms with van der Waals surface area (Å²) in [6, 6.07) is 6.65. The van der Waals surface area contributed by atoms with Crippen LogP contribution in [0.4, 0.5) is 5.69 Å². The van der Waals surface area contributed by atoms with Crippen LogP contribution in [0.1, 0.15) is 11.4 Å². The third-order valence-electron chi connectivity index (χ3n) is 2.94. The molecule has 108 valence electrons. The molecule has 2 amide bonds. The summed E-state index contributed by atoms with van der Waals surface area (Å²) in [6.45, 7) is 1.85. The molecule has 1 aliphatic heterocycles. The van der Waals surface area contributed by atoms with Gasteiger partial charge in [0, 0.05) is 11.4 Å². The SMILES string of the molecule is Cc1nnc(SC2CC(=O)N(c3ccc(Cl)cc3)C2=O)s1. The minimum atomic E-state index is -0.444. The number of rotatable bonds is 3. The van der Waals surface area contributed by atoms with Gasteiger partial charge in [0.15, 0.2) is 4.34 Å². The number of hydrogen-bond acceptors (Lipinski definition) is 6. The van der Waals surface area contributed by atoms with Crippen molar-refractivity contribution >= 4 is 52.2 Å². The van der Waals surface area contributed by atoms with Gasteiger partial charge in [-0.05, 0) is 31.2 Å². The number of carbonyl (C=O) groups is 2. The van der Waals surface area contributed by atoms with Gasteiger partial charge in [-0.3, -0.25) is 9.59 Å². The summed E-state index contributed by atoms with van der Waals surface area (Å²) in [4.78, 5) is 25.7. The predicted octanol–water partition coefficient (Wildman–Crippen LogP) is 2.92. The molecule has 0 aliphatic carbocycles. The maximum Gasteiger partial charge on any atom is 0.247 e. The Bertz CT molecular complexity index is 702. The van der Waals surface area contributed by atoms with Gasteiger partial charge in [-0.25, -0.2) is 4.90 Å². The van der Waals surface area contributed by atoms with Gasteiger partial charge in [-0.1, -0.05) is 34.7 Å². The third kappa shape index (κ3) is 2.95. The molecule has 0 spiro atoms. The van der Waals surface area contributed by atoms with Gasteiger partial charge >= 0.3 is 0 Å². The molecule has 1 fully saturated rings. The van der Waals surface area contributed by atoms with Crippen LogP contribution < -0.4 is 4.90 Å². The number of carbonyl (C=O) groups excluding carboxylic acids is 2. The molecule has 3 rings (SSSR count). The van der Waals surface area contributed by atoms with Gasteiger partial charge in [0.1, 0.15) is 10.3 Å². The fourth-order valence-electron chi connectivity index (χ4n) is 2.01. The third-order valence-corrected chi connectivity index (χ3v) is 5.30. The van der Waals surface area contributed by atoms with E-state index in [1.807, 2.05) is 6.92 Å². The van der Waals surface area contributed by atoms with Crippen LogP contribution in [0.3, 0.4) is 0 Å². The Morgan fingerprint density at radius 3 is 2.62 bits per heavy atom. The molecule has 2 aromatic rings. The average molecular weight is 340 g/mol. The van der Waals surface area contributed by atoms with Crippen molar-refractivity contribution in [1.29, 1.82) is 0 Å². The first-order valence-corrected chi connectivity index (χ1v) is 8.21. The molecule has 21 heavy (non-hydrogen) atoms. The van der Waals surface area contributed by atoms with E-state index in [0.29, 0.717) is 15.0 Å². The Kier molecular flexibility index (Phi) is 3.97. The lowest BCUT2D eigenvalue weighted by atomic mass is 10.3. The average Bonchev–Trinajstić information content (AvgIpc) is 2.96. The van der Waals surface area contributed by atoms with Gasteiger partial charge in [0.2, 0.25) is 11.8 Å². The number of aryl methyl sites for hydroxylation is 1. The van der Waals surface area contributed by atoms with Gasteiger partial charge in [-0.15, -0.1) is 10.2 Å². The number of halogens is 1. The highest BCUT2D eigenvalue weighted by Crippen LogP contribution is 2.35. The molecule has 0 bridgehead atoms. The normalized spacial score (nSPS) is 18.6. The van der Waals surface area contributed by atoms with Gasteiger partial charge in [0.25, 0.3) is 0 Å². The Morgan fingerprint density at radius 2 is 2.00 bits per heavy atom. The molecule has 8 heteroatoms. The summed E-state index contributed by atoms with van der Waals surface area (Å²) < 4.78 is 0.705. The molecular weight excluding hydrogens is 330 g/mol. The van der Waals surface area contributed by atoms with E-state index in [4.69, 9.17) is 11.6 Å². The summed E-state index contributed by atoms with van der Waals surface area (Å²) in [6.07, 6.45) is 0.171. The first-order valence-electron chi connectivity index (χ1n) is 6.14. The number of aromatic nitrogens is 2. The predicted molar refractivity (Wildman–Crippen MR) is 82.9 cm³/mol. The van der Waals surface area contributed by atoms with Gasteiger partial charge in [0.05, 0.1) is 5.69 Å². The number of imide groups is 1.